The molecule has 0 fully saturated rings. The van der Waals surface area contributed by atoms with Gasteiger partial charge in [0.2, 0.25) is 0 Å². The van der Waals surface area contributed by atoms with Crippen LogP contribution in [-0.2, 0) is 11.3 Å². The molecular weight excluding hydrogens is 358 g/mol. The standard InChI is InChI=1S/C12H8BrCl2FN2O/c1-19-5-9-10(13)11(15)18-12(17-9)6-2-3-8(16)7(14)4-6/h2-4H,5H2,1H3. The van der Waals surface area contributed by atoms with Gasteiger partial charge in [-0.1, -0.05) is 23.2 Å². The first-order chi connectivity index (χ1) is 9.02. The maximum absolute atomic E-state index is 13.1. The average molecular weight is 366 g/mol. The molecule has 0 spiro atoms. The SMILES string of the molecule is COCc1nc(-c2ccc(F)c(Cl)c2)nc(Cl)c1Br. The second-order valence-electron chi connectivity index (χ2n) is 3.66. The highest BCUT2D eigenvalue weighted by Gasteiger charge is 2.13. The summed E-state index contributed by atoms with van der Waals surface area (Å²) in [7, 11) is 1.55. The van der Waals surface area contributed by atoms with Crippen LogP contribution in [0.25, 0.3) is 11.4 Å². The fraction of sp³-hybridized carbons (Fsp3) is 0.167. The van der Waals surface area contributed by atoms with Gasteiger partial charge >= 0.3 is 0 Å². The van der Waals surface area contributed by atoms with Crippen molar-refractivity contribution in [3.05, 3.63) is 44.4 Å². The third kappa shape index (κ3) is 3.23. The summed E-state index contributed by atoms with van der Waals surface area (Å²) in [5, 5.41) is 0.269. The average Bonchev–Trinajstić information content (AvgIpc) is 2.38. The molecule has 0 aliphatic carbocycles. The number of halogens is 4. The second kappa shape index (κ2) is 6.13. The Hall–Kier alpha value is -0.750. The number of benzene rings is 1. The number of ether oxygens (including phenoxy) is 1. The van der Waals surface area contributed by atoms with Gasteiger partial charge in [0.15, 0.2) is 5.82 Å². The summed E-state index contributed by atoms with van der Waals surface area (Å²) in [4.78, 5) is 8.44. The van der Waals surface area contributed by atoms with Gasteiger partial charge in [-0.3, -0.25) is 0 Å². The lowest BCUT2D eigenvalue weighted by molar-refractivity contribution is 0.181. The molecule has 7 heteroatoms. The monoisotopic (exact) mass is 364 g/mol. The van der Waals surface area contributed by atoms with Gasteiger partial charge < -0.3 is 4.74 Å². The van der Waals surface area contributed by atoms with Crippen LogP contribution in [0.15, 0.2) is 22.7 Å². The topological polar surface area (TPSA) is 35.0 Å². The highest BCUT2D eigenvalue weighted by Crippen LogP contribution is 2.29. The molecule has 100 valence electrons. The van der Waals surface area contributed by atoms with Crippen molar-refractivity contribution in [2.45, 2.75) is 6.61 Å². The Morgan fingerprint density at radius 1 is 1.32 bits per heavy atom. The maximum Gasteiger partial charge on any atom is 0.161 e. The summed E-state index contributed by atoms with van der Waals surface area (Å²) >= 11 is 15.0. The van der Waals surface area contributed by atoms with Crippen molar-refractivity contribution in [2.24, 2.45) is 0 Å². The summed E-state index contributed by atoms with van der Waals surface area (Å²) in [6.07, 6.45) is 0. The van der Waals surface area contributed by atoms with Crippen molar-refractivity contribution in [1.29, 1.82) is 0 Å². The molecule has 0 saturated carbocycles. The molecule has 0 atom stereocenters. The third-order valence-corrected chi connectivity index (χ3v) is 3.96. The number of hydrogen-bond donors (Lipinski definition) is 0. The lowest BCUT2D eigenvalue weighted by atomic mass is 10.2. The van der Waals surface area contributed by atoms with Gasteiger partial charge in [-0.05, 0) is 34.1 Å². The molecule has 1 aromatic carbocycles. The van der Waals surface area contributed by atoms with Crippen LogP contribution in [-0.4, -0.2) is 17.1 Å². The molecule has 2 aromatic rings. The predicted molar refractivity (Wildman–Crippen MR) is 75.9 cm³/mol. The Bertz CT molecular complexity index is 625. The van der Waals surface area contributed by atoms with Crippen molar-refractivity contribution in [3.8, 4) is 11.4 Å². The first kappa shape index (κ1) is 14.7. The zero-order valence-corrected chi connectivity index (χ0v) is 12.9. The molecule has 0 saturated heterocycles. The van der Waals surface area contributed by atoms with Gasteiger partial charge in [0.05, 0.1) is 21.8 Å². The molecule has 1 heterocycles. The summed E-state index contributed by atoms with van der Waals surface area (Å²) in [6, 6.07) is 4.25. The highest BCUT2D eigenvalue weighted by molar-refractivity contribution is 9.10. The molecule has 0 aliphatic rings. The van der Waals surface area contributed by atoms with Crippen LogP contribution in [0, 0.1) is 5.82 Å². The first-order valence-electron chi connectivity index (χ1n) is 5.19. The molecule has 0 unspecified atom stereocenters. The van der Waals surface area contributed by atoms with Crippen LogP contribution in [0.4, 0.5) is 4.39 Å². The number of nitrogens with zero attached hydrogens (tertiary/aromatic N) is 2. The first-order valence-corrected chi connectivity index (χ1v) is 6.74. The molecule has 0 bridgehead atoms. The summed E-state index contributed by atoms with van der Waals surface area (Å²) in [5.41, 5.74) is 1.19. The van der Waals surface area contributed by atoms with Crippen LogP contribution in [0.3, 0.4) is 0 Å². The van der Waals surface area contributed by atoms with E-state index in [4.69, 9.17) is 27.9 Å². The van der Waals surface area contributed by atoms with Gasteiger partial charge in [0, 0.05) is 12.7 Å². The van der Waals surface area contributed by atoms with Gasteiger partial charge in [-0.15, -0.1) is 0 Å². The molecule has 1 aromatic heterocycles. The number of methoxy groups -OCH3 is 1. The van der Waals surface area contributed by atoms with Crippen molar-refractivity contribution >= 4 is 39.1 Å². The fourth-order valence-electron chi connectivity index (χ4n) is 1.46. The Morgan fingerprint density at radius 3 is 2.68 bits per heavy atom. The summed E-state index contributed by atoms with van der Waals surface area (Å²) in [6.45, 7) is 0.282. The molecular formula is C12H8BrCl2FN2O. The van der Waals surface area contributed by atoms with E-state index in [9.17, 15) is 4.39 Å². The second-order valence-corrected chi connectivity index (χ2v) is 5.22. The van der Waals surface area contributed by atoms with Crippen LogP contribution in [0.2, 0.25) is 10.2 Å². The van der Waals surface area contributed by atoms with E-state index >= 15 is 0 Å². The summed E-state index contributed by atoms with van der Waals surface area (Å²) < 4.78 is 18.7. The van der Waals surface area contributed by atoms with E-state index in [0.717, 1.165) is 0 Å². The lowest BCUT2D eigenvalue weighted by Crippen LogP contribution is -2.00. The highest BCUT2D eigenvalue weighted by atomic mass is 79.9. The van der Waals surface area contributed by atoms with Crippen molar-refractivity contribution in [2.75, 3.05) is 7.11 Å². The normalized spacial score (nSPS) is 10.8. The maximum atomic E-state index is 13.1. The zero-order valence-electron chi connectivity index (χ0n) is 9.75. The molecule has 3 nitrogen and oxygen atoms in total. The van der Waals surface area contributed by atoms with Crippen LogP contribution in [0.5, 0.6) is 0 Å². The minimum atomic E-state index is -0.495. The third-order valence-electron chi connectivity index (χ3n) is 2.34. The van der Waals surface area contributed by atoms with E-state index in [1.165, 1.54) is 18.2 Å². The Morgan fingerprint density at radius 2 is 2.05 bits per heavy atom. The number of aromatic nitrogens is 2. The molecule has 0 aliphatic heterocycles. The van der Waals surface area contributed by atoms with Gasteiger partial charge in [0.1, 0.15) is 11.0 Å². The Balaban J connectivity index is 2.52. The van der Waals surface area contributed by atoms with Crippen LogP contribution >= 0.6 is 39.1 Å². The predicted octanol–water partition coefficient (Wildman–Crippen LogP) is 4.50. The van der Waals surface area contributed by atoms with E-state index < -0.39 is 5.82 Å². The quantitative estimate of drug-likeness (QED) is 0.751. The van der Waals surface area contributed by atoms with Gasteiger partial charge in [-0.25, -0.2) is 14.4 Å². The fourth-order valence-corrected chi connectivity index (χ4v) is 2.12. The zero-order chi connectivity index (χ0) is 14.0. The van der Waals surface area contributed by atoms with Crippen LogP contribution < -0.4 is 0 Å². The van der Waals surface area contributed by atoms with Gasteiger partial charge in [0.25, 0.3) is 0 Å². The minimum absolute atomic E-state index is 0.00781. The summed E-state index contributed by atoms with van der Waals surface area (Å²) in [5.74, 6) is -0.132. The van der Waals surface area contributed by atoms with E-state index in [-0.39, 0.29) is 16.8 Å². The minimum Gasteiger partial charge on any atom is -0.378 e. The van der Waals surface area contributed by atoms with Crippen LogP contribution in [0.1, 0.15) is 5.69 Å². The van der Waals surface area contributed by atoms with E-state index in [1.807, 2.05) is 0 Å². The van der Waals surface area contributed by atoms with Crippen molar-refractivity contribution < 1.29 is 9.13 Å². The molecule has 2 rings (SSSR count). The molecule has 0 radical (unpaired) electrons. The number of rotatable bonds is 3. The van der Waals surface area contributed by atoms with E-state index in [0.29, 0.717) is 21.6 Å². The smallest absolute Gasteiger partial charge is 0.161 e. The number of hydrogen-bond acceptors (Lipinski definition) is 3. The molecule has 0 N–H and O–H groups in total. The van der Waals surface area contributed by atoms with E-state index in [2.05, 4.69) is 25.9 Å². The lowest BCUT2D eigenvalue weighted by Gasteiger charge is -2.08. The largest absolute Gasteiger partial charge is 0.378 e. The van der Waals surface area contributed by atoms with Gasteiger partial charge in [-0.2, -0.15) is 0 Å². The molecule has 19 heavy (non-hydrogen) atoms. The Labute approximate surface area is 127 Å². The Kier molecular flexibility index (Phi) is 4.73. The van der Waals surface area contributed by atoms with E-state index in [1.54, 1.807) is 7.11 Å². The van der Waals surface area contributed by atoms with Crippen molar-refractivity contribution in [3.63, 3.8) is 0 Å². The van der Waals surface area contributed by atoms with Crippen molar-refractivity contribution in [1.82, 2.24) is 9.97 Å². The molecule has 0 amide bonds.